The lowest BCUT2D eigenvalue weighted by Gasteiger charge is -2.26. The zero-order valence-corrected chi connectivity index (χ0v) is 7.35. The van der Waals surface area contributed by atoms with Crippen molar-refractivity contribution in [1.29, 1.82) is 0 Å². The SMILES string of the molecule is CCC(C)CC1CC=C1C. The van der Waals surface area contributed by atoms with E-state index in [0.717, 1.165) is 11.8 Å². The summed E-state index contributed by atoms with van der Waals surface area (Å²) in [7, 11) is 0. The molecule has 0 aromatic carbocycles. The van der Waals surface area contributed by atoms with Crippen LogP contribution < -0.4 is 0 Å². The van der Waals surface area contributed by atoms with E-state index >= 15 is 0 Å². The van der Waals surface area contributed by atoms with Crippen LogP contribution in [0.25, 0.3) is 0 Å². The Morgan fingerprint density at radius 2 is 2.40 bits per heavy atom. The molecule has 0 spiro atoms. The van der Waals surface area contributed by atoms with Gasteiger partial charge in [-0.2, -0.15) is 0 Å². The van der Waals surface area contributed by atoms with Crippen LogP contribution in [0.1, 0.15) is 40.0 Å². The van der Waals surface area contributed by atoms with Crippen molar-refractivity contribution in [3.63, 3.8) is 0 Å². The molecule has 2 unspecified atom stereocenters. The average Bonchev–Trinajstić information content (AvgIpc) is 1.96. The van der Waals surface area contributed by atoms with Crippen molar-refractivity contribution in [2.75, 3.05) is 0 Å². The van der Waals surface area contributed by atoms with E-state index in [4.69, 9.17) is 0 Å². The maximum atomic E-state index is 2.35. The zero-order valence-electron chi connectivity index (χ0n) is 7.35. The van der Waals surface area contributed by atoms with E-state index in [1.807, 2.05) is 0 Å². The number of hydrogen-bond donors (Lipinski definition) is 0. The molecule has 0 saturated heterocycles. The minimum absolute atomic E-state index is 0.925. The quantitative estimate of drug-likeness (QED) is 0.524. The average molecular weight is 138 g/mol. The van der Waals surface area contributed by atoms with Crippen molar-refractivity contribution < 1.29 is 0 Å². The number of hydrogen-bond acceptors (Lipinski definition) is 0. The third-order valence-corrected chi connectivity index (χ3v) is 2.75. The van der Waals surface area contributed by atoms with Crippen molar-refractivity contribution in [1.82, 2.24) is 0 Å². The summed E-state index contributed by atoms with van der Waals surface area (Å²) in [6, 6.07) is 0. The molecule has 1 rings (SSSR count). The van der Waals surface area contributed by atoms with Gasteiger partial charge >= 0.3 is 0 Å². The van der Waals surface area contributed by atoms with Gasteiger partial charge in [0, 0.05) is 0 Å². The molecule has 0 amide bonds. The lowest BCUT2D eigenvalue weighted by Crippen LogP contribution is -2.13. The first kappa shape index (κ1) is 7.84. The van der Waals surface area contributed by atoms with E-state index in [-0.39, 0.29) is 0 Å². The van der Waals surface area contributed by atoms with Crippen LogP contribution >= 0.6 is 0 Å². The van der Waals surface area contributed by atoms with E-state index in [0.29, 0.717) is 0 Å². The highest BCUT2D eigenvalue weighted by atomic mass is 14.2. The maximum Gasteiger partial charge on any atom is -0.0169 e. The van der Waals surface area contributed by atoms with Crippen LogP contribution in [0.5, 0.6) is 0 Å². The highest BCUT2D eigenvalue weighted by Gasteiger charge is 2.18. The molecule has 0 aromatic rings. The van der Waals surface area contributed by atoms with E-state index in [1.54, 1.807) is 5.57 Å². The first-order valence-electron chi connectivity index (χ1n) is 4.40. The fraction of sp³-hybridized carbons (Fsp3) is 0.800. The molecule has 0 saturated carbocycles. The minimum atomic E-state index is 0.925. The van der Waals surface area contributed by atoms with Gasteiger partial charge < -0.3 is 0 Å². The normalized spacial score (nSPS) is 27.1. The summed E-state index contributed by atoms with van der Waals surface area (Å²) >= 11 is 0. The molecule has 10 heavy (non-hydrogen) atoms. The van der Waals surface area contributed by atoms with Crippen LogP contribution in [0.15, 0.2) is 11.6 Å². The van der Waals surface area contributed by atoms with Crippen LogP contribution in [0.4, 0.5) is 0 Å². The van der Waals surface area contributed by atoms with E-state index in [1.165, 1.54) is 19.3 Å². The Hall–Kier alpha value is -0.260. The van der Waals surface area contributed by atoms with Gasteiger partial charge in [-0.25, -0.2) is 0 Å². The van der Waals surface area contributed by atoms with E-state index in [2.05, 4.69) is 26.8 Å². The first-order valence-corrected chi connectivity index (χ1v) is 4.40. The van der Waals surface area contributed by atoms with Gasteiger partial charge in [-0.05, 0) is 31.6 Å². The Kier molecular flexibility index (Phi) is 2.53. The predicted molar refractivity (Wildman–Crippen MR) is 45.9 cm³/mol. The summed E-state index contributed by atoms with van der Waals surface area (Å²) in [5.41, 5.74) is 1.63. The molecule has 0 N–H and O–H groups in total. The first-order chi connectivity index (χ1) is 4.74. The molecule has 0 fully saturated rings. The van der Waals surface area contributed by atoms with Crippen molar-refractivity contribution in [3.8, 4) is 0 Å². The molecule has 2 atom stereocenters. The van der Waals surface area contributed by atoms with Crippen molar-refractivity contribution in [2.24, 2.45) is 11.8 Å². The summed E-state index contributed by atoms with van der Waals surface area (Å²) in [6.45, 7) is 6.89. The molecule has 0 nitrogen and oxygen atoms in total. The fourth-order valence-electron chi connectivity index (χ4n) is 1.45. The van der Waals surface area contributed by atoms with Crippen LogP contribution in [0, 0.1) is 11.8 Å². The summed E-state index contributed by atoms with van der Waals surface area (Å²) in [4.78, 5) is 0. The van der Waals surface area contributed by atoms with Crippen molar-refractivity contribution in [3.05, 3.63) is 11.6 Å². The topological polar surface area (TPSA) is 0 Å². The smallest absolute Gasteiger partial charge is 0.0169 e. The largest absolute Gasteiger partial charge is 0.0847 e. The molecule has 0 bridgehead atoms. The van der Waals surface area contributed by atoms with Gasteiger partial charge in [-0.3, -0.25) is 0 Å². The molecule has 0 aromatic heterocycles. The molecule has 0 aliphatic heterocycles. The third-order valence-electron chi connectivity index (χ3n) is 2.75. The molecule has 0 heterocycles. The van der Waals surface area contributed by atoms with Gasteiger partial charge in [0.15, 0.2) is 0 Å². The summed E-state index contributed by atoms with van der Waals surface area (Å²) in [5, 5.41) is 0. The summed E-state index contributed by atoms with van der Waals surface area (Å²) in [5.74, 6) is 1.86. The van der Waals surface area contributed by atoms with Crippen LogP contribution in [-0.4, -0.2) is 0 Å². The second-order valence-electron chi connectivity index (χ2n) is 3.63. The Morgan fingerprint density at radius 3 is 2.70 bits per heavy atom. The molecule has 1 aliphatic rings. The van der Waals surface area contributed by atoms with Gasteiger partial charge in [0.2, 0.25) is 0 Å². The Morgan fingerprint density at radius 1 is 1.70 bits per heavy atom. The Bertz CT molecular complexity index is 133. The van der Waals surface area contributed by atoms with Gasteiger partial charge in [-0.15, -0.1) is 0 Å². The van der Waals surface area contributed by atoms with Gasteiger partial charge in [0.1, 0.15) is 0 Å². The molecule has 1 aliphatic carbocycles. The maximum absolute atomic E-state index is 2.35. The van der Waals surface area contributed by atoms with Gasteiger partial charge in [0.05, 0.1) is 0 Å². The summed E-state index contributed by atoms with van der Waals surface area (Å²) < 4.78 is 0. The monoisotopic (exact) mass is 138 g/mol. The van der Waals surface area contributed by atoms with Gasteiger partial charge in [0.25, 0.3) is 0 Å². The lowest BCUT2D eigenvalue weighted by molar-refractivity contribution is 0.400. The Labute approximate surface area is 64.3 Å². The second kappa shape index (κ2) is 3.23. The number of allylic oxidation sites excluding steroid dienone is 2. The number of rotatable bonds is 3. The third kappa shape index (κ3) is 1.62. The fourth-order valence-corrected chi connectivity index (χ4v) is 1.45. The highest BCUT2D eigenvalue weighted by Crippen LogP contribution is 2.32. The molecule has 0 radical (unpaired) electrons. The molecular weight excluding hydrogens is 120 g/mol. The minimum Gasteiger partial charge on any atom is -0.0847 e. The molecular formula is C10H18. The molecule has 58 valence electrons. The van der Waals surface area contributed by atoms with Crippen LogP contribution in [0.2, 0.25) is 0 Å². The van der Waals surface area contributed by atoms with Crippen molar-refractivity contribution in [2.45, 2.75) is 40.0 Å². The Balaban J connectivity index is 2.21. The van der Waals surface area contributed by atoms with Gasteiger partial charge in [-0.1, -0.05) is 31.9 Å². The molecule has 0 heteroatoms. The summed E-state index contributed by atoms with van der Waals surface area (Å²) in [6.07, 6.45) is 6.45. The second-order valence-corrected chi connectivity index (χ2v) is 3.63. The van der Waals surface area contributed by atoms with Crippen LogP contribution in [0.3, 0.4) is 0 Å². The zero-order chi connectivity index (χ0) is 7.56. The predicted octanol–water partition coefficient (Wildman–Crippen LogP) is 3.39. The lowest BCUT2D eigenvalue weighted by atomic mass is 9.79. The van der Waals surface area contributed by atoms with Crippen molar-refractivity contribution >= 4 is 0 Å². The van der Waals surface area contributed by atoms with E-state index < -0.39 is 0 Å². The highest BCUT2D eigenvalue weighted by molar-refractivity contribution is 5.14. The van der Waals surface area contributed by atoms with E-state index in [9.17, 15) is 0 Å². The van der Waals surface area contributed by atoms with Crippen LogP contribution in [-0.2, 0) is 0 Å². The standard InChI is InChI=1S/C10H18/c1-4-8(2)7-10-6-5-9(10)3/h5,8,10H,4,6-7H2,1-3H3.